The van der Waals surface area contributed by atoms with Crippen LogP contribution in [0.2, 0.25) is 0 Å². The lowest BCUT2D eigenvalue weighted by Crippen LogP contribution is -2.28. The smallest absolute Gasteiger partial charge is 0.270 e. The van der Waals surface area contributed by atoms with Crippen LogP contribution in [0, 0.1) is 0 Å². The third-order valence-corrected chi connectivity index (χ3v) is 4.30. The Morgan fingerprint density at radius 2 is 1.96 bits per heavy atom. The van der Waals surface area contributed by atoms with E-state index in [0.29, 0.717) is 17.3 Å². The molecule has 0 spiro atoms. The Labute approximate surface area is 149 Å². The fourth-order valence-electron chi connectivity index (χ4n) is 3.05. The molecule has 3 aromatic rings. The minimum absolute atomic E-state index is 0.135. The molecule has 0 aromatic carbocycles. The van der Waals surface area contributed by atoms with Gasteiger partial charge >= 0.3 is 0 Å². The molecule has 3 heterocycles. The van der Waals surface area contributed by atoms with Crippen LogP contribution in [0.1, 0.15) is 40.4 Å². The van der Waals surface area contributed by atoms with E-state index >= 15 is 0 Å². The molecular formula is C17H18N8O. The molecule has 0 aliphatic heterocycles. The first kappa shape index (κ1) is 16.1. The van der Waals surface area contributed by atoms with Gasteiger partial charge < -0.3 is 11.1 Å². The average Bonchev–Trinajstić information content (AvgIpc) is 3.15. The normalized spacial score (nSPS) is 13.2. The number of aryl methyl sites for hydroxylation is 1. The number of pyridine rings is 1. The zero-order chi connectivity index (χ0) is 17.9. The van der Waals surface area contributed by atoms with Gasteiger partial charge in [0.1, 0.15) is 11.5 Å². The highest BCUT2D eigenvalue weighted by Crippen LogP contribution is 2.22. The van der Waals surface area contributed by atoms with Crippen LogP contribution >= 0.6 is 0 Å². The minimum atomic E-state index is -0.279. The number of hydrogen-bond donors (Lipinski definition) is 3. The number of nitrogens with zero attached hydrogens (tertiary/aromatic N) is 5. The molecule has 3 aromatic heterocycles. The van der Waals surface area contributed by atoms with Crippen molar-refractivity contribution in [2.24, 2.45) is 0 Å². The Hall–Kier alpha value is -3.36. The third-order valence-electron chi connectivity index (χ3n) is 4.30. The number of hydrogen-bond acceptors (Lipinski definition) is 7. The summed E-state index contributed by atoms with van der Waals surface area (Å²) in [4.78, 5) is 29.4. The lowest BCUT2D eigenvalue weighted by molar-refractivity contribution is 0.0943. The number of rotatable bonds is 4. The number of nitrogens with one attached hydrogen (secondary N) is 2. The van der Waals surface area contributed by atoms with Gasteiger partial charge in [-0.25, -0.2) is 15.0 Å². The van der Waals surface area contributed by atoms with Gasteiger partial charge in [0.15, 0.2) is 5.82 Å². The molecule has 0 bridgehead atoms. The fraction of sp³-hybridized carbons (Fsp3) is 0.294. The van der Waals surface area contributed by atoms with Crippen molar-refractivity contribution in [1.82, 2.24) is 35.5 Å². The van der Waals surface area contributed by atoms with Gasteiger partial charge in [-0.3, -0.25) is 14.9 Å². The van der Waals surface area contributed by atoms with E-state index in [1.165, 1.54) is 0 Å². The van der Waals surface area contributed by atoms with E-state index < -0.39 is 0 Å². The molecule has 1 aliphatic rings. The number of anilines is 1. The van der Waals surface area contributed by atoms with Crippen molar-refractivity contribution >= 4 is 11.9 Å². The number of carbonyl (C=O) groups is 1. The summed E-state index contributed by atoms with van der Waals surface area (Å²) in [5.74, 6) is 0.968. The van der Waals surface area contributed by atoms with Crippen molar-refractivity contribution in [1.29, 1.82) is 0 Å². The van der Waals surface area contributed by atoms with Crippen LogP contribution in [0.25, 0.3) is 11.4 Å². The molecule has 0 radical (unpaired) electrons. The number of fused-ring (bicyclic) bond motifs is 1. The maximum absolute atomic E-state index is 12.6. The quantitative estimate of drug-likeness (QED) is 0.640. The number of carbonyl (C=O) groups excluding carboxylic acids is 1. The van der Waals surface area contributed by atoms with Gasteiger partial charge in [-0.15, -0.1) is 0 Å². The number of nitrogen functional groups attached to an aromatic ring is 1. The second-order valence-corrected chi connectivity index (χ2v) is 6.09. The fourth-order valence-corrected chi connectivity index (χ4v) is 3.05. The van der Waals surface area contributed by atoms with Gasteiger partial charge in [-0.2, -0.15) is 5.10 Å². The van der Waals surface area contributed by atoms with Crippen molar-refractivity contribution in [3.05, 3.63) is 47.3 Å². The predicted molar refractivity (Wildman–Crippen MR) is 93.9 cm³/mol. The summed E-state index contributed by atoms with van der Waals surface area (Å²) >= 11 is 0. The van der Waals surface area contributed by atoms with Crippen molar-refractivity contribution in [3.63, 3.8) is 0 Å². The Morgan fingerprint density at radius 3 is 2.81 bits per heavy atom. The zero-order valence-electron chi connectivity index (χ0n) is 14.1. The monoisotopic (exact) mass is 350 g/mol. The van der Waals surface area contributed by atoms with Crippen molar-refractivity contribution in [3.8, 4) is 11.4 Å². The first-order valence-electron chi connectivity index (χ1n) is 8.46. The maximum Gasteiger partial charge on any atom is 0.270 e. The molecule has 0 saturated heterocycles. The highest BCUT2D eigenvalue weighted by molar-refractivity contribution is 5.94. The number of amides is 1. The Bertz CT molecular complexity index is 937. The lowest BCUT2D eigenvalue weighted by atomic mass is 9.94. The van der Waals surface area contributed by atoms with Crippen molar-refractivity contribution in [2.75, 3.05) is 5.73 Å². The van der Waals surface area contributed by atoms with Crippen LogP contribution in [0.4, 0.5) is 5.95 Å². The van der Waals surface area contributed by atoms with Crippen LogP contribution in [0.15, 0.2) is 24.5 Å². The molecule has 0 fully saturated rings. The second-order valence-electron chi connectivity index (χ2n) is 6.09. The Kier molecular flexibility index (Phi) is 4.26. The van der Waals surface area contributed by atoms with E-state index in [-0.39, 0.29) is 18.4 Å². The molecule has 4 rings (SSSR count). The molecule has 0 saturated carbocycles. The van der Waals surface area contributed by atoms with Gasteiger partial charge in [0.25, 0.3) is 5.91 Å². The topological polar surface area (TPSA) is 135 Å². The summed E-state index contributed by atoms with van der Waals surface area (Å²) in [5, 5.41) is 9.82. The largest absolute Gasteiger partial charge is 0.368 e. The molecule has 0 atom stereocenters. The highest BCUT2D eigenvalue weighted by atomic mass is 16.1. The van der Waals surface area contributed by atoms with Gasteiger partial charge in [0.05, 0.1) is 6.54 Å². The lowest BCUT2D eigenvalue weighted by Gasteiger charge is -2.17. The molecule has 132 valence electrons. The first-order valence-corrected chi connectivity index (χ1v) is 8.46. The van der Waals surface area contributed by atoms with E-state index in [9.17, 15) is 4.79 Å². The zero-order valence-corrected chi connectivity index (χ0v) is 14.1. The average molecular weight is 350 g/mol. The molecule has 1 amide bonds. The summed E-state index contributed by atoms with van der Waals surface area (Å²) in [6, 6.07) is 3.64. The molecule has 0 unspecified atom stereocenters. The summed E-state index contributed by atoms with van der Waals surface area (Å²) in [6.07, 6.45) is 7.07. The van der Waals surface area contributed by atoms with Crippen molar-refractivity contribution in [2.45, 2.75) is 32.2 Å². The van der Waals surface area contributed by atoms with Crippen molar-refractivity contribution < 1.29 is 4.79 Å². The Balaban J connectivity index is 1.48. The maximum atomic E-state index is 12.6. The van der Waals surface area contributed by atoms with Gasteiger partial charge in [-0.1, -0.05) is 0 Å². The van der Waals surface area contributed by atoms with E-state index in [1.807, 2.05) is 12.1 Å². The third kappa shape index (κ3) is 3.23. The summed E-state index contributed by atoms with van der Waals surface area (Å²) < 4.78 is 0. The molecule has 1 aliphatic carbocycles. The molecule has 9 nitrogen and oxygen atoms in total. The molecule has 26 heavy (non-hydrogen) atoms. The summed E-state index contributed by atoms with van der Waals surface area (Å²) in [5.41, 5.74) is 8.76. The SMILES string of the molecule is Nc1nc2c(c(C(=O)NCc3nc(-c4ccncc4)n[nH]3)n1)CCCC2. The van der Waals surface area contributed by atoms with Crippen LogP contribution in [-0.4, -0.2) is 36.0 Å². The van der Waals surface area contributed by atoms with E-state index in [0.717, 1.165) is 42.5 Å². The first-order chi connectivity index (χ1) is 12.7. The predicted octanol–water partition coefficient (Wildman–Crippen LogP) is 1.05. The van der Waals surface area contributed by atoms with Gasteiger partial charge in [0, 0.05) is 29.2 Å². The Morgan fingerprint density at radius 1 is 1.15 bits per heavy atom. The molecular weight excluding hydrogens is 332 g/mol. The number of nitrogens with two attached hydrogens (primary N) is 1. The molecule has 9 heteroatoms. The van der Waals surface area contributed by atoms with E-state index in [1.54, 1.807) is 12.4 Å². The second kappa shape index (κ2) is 6.87. The summed E-state index contributed by atoms with van der Waals surface area (Å²) in [7, 11) is 0. The highest BCUT2D eigenvalue weighted by Gasteiger charge is 2.21. The number of H-pyrrole nitrogens is 1. The van der Waals surface area contributed by atoms with Crippen LogP contribution in [0.5, 0.6) is 0 Å². The van der Waals surface area contributed by atoms with Crippen LogP contribution < -0.4 is 11.1 Å². The number of aromatic amines is 1. The van der Waals surface area contributed by atoms with Gasteiger partial charge in [-0.05, 0) is 37.8 Å². The molecule has 4 N–H and O–H groups in total. The van der Waals surface area contributed by atoms with E-state index in [4.69, 9.17) is 5.73 Å². The van der Waals surface area contributed by atoms with E-state index in [2.05, 4.69) is 35.5 Å². The van der Waals surface area contributed by atoms with Crippen LogP contribution in [-0.2, 0) is 19.4 Å². The number of aromatic nitrogens is 6. The minimum Gasteiger partial charge on any atom is -0.368 e. The standard InChI is InChI=1S/C17H18N8O/c18-17-21-12-4-2-1-3-11(12)14(23-17)16(26)20-9-13-22-15(25-24-13)10-5-7-19-8-6-10/h5-8H,1-4,9H2,(H,20,26)(H2,18,21,23)(H,22,24,25). The summed E-state index contributed by atoms with van der Waals surface area (Å²) in [6.45, 7) is 0.218. The van der Waals surface area contributed by atoms with Gasteiger partial charge in [0.2, 0.25) is 5.95 Å². The van der Waals surface area contributed by atoms with Crippen LogP contribution in [0.3, 0.4) is 0 Å².